The van der Waals surface area contributed by atoms with E-state index in [1.807, 2.05) is 44.2 Å². The second kappa shape index (κ2) is 13.5. The number of para-hydroxylation sites is 1. The van der Waals surface area contributed by atoms with E-state index in [1.165, 1.54) is 18.4 Å². The third-order valence-corrected chi connectivity index (χ3v) is 5.22. The van der Waals surface area contributed by atoms with Gasteiger partial charge in [-0.25, -0.2) is 4.98 Å². The van der Waals surface area contributed by atoms with Crippen molar-refractivity contribution in [3.05, 3.63) is 84.2 Å². The first kappa shape index (κ1) is 24.4. The zero-order chi connectivity index (χ0) is 22.5. The van der Waals surface area contributed by atoms with E-state index in [-0.39, 0.29) is 0 Å². The van der Waals surface area contributed by atoms with Gasteiger partial charge in [0.1, 0.15) is 12.4 Å². The molecular formula is C27H37N3O. The number of aromatic nitrogens is 1. The number of fused-ring (bicyclic) bond motifs is 1. The van der Waals surface area contributed by atoms with E-state index >= 15 is 0 Å². The van der Waals surface area contributed by atoms with Gasteiger partial charge in [-0.1, -0.05) is 76.6 Å². The molecule has 0 fully saturated rings. The van der Waals surface area contributed by atoms with Crippen molar-refractivity contribution in [1.29, 1.82) is 0 Å². The Morgan fingerprint density at radius 3 is 2.65 bits per heavy atom. The van der Waals surface area contributed by atoms with E-state index in [1.54, 1.807) is 0 Å². The monoisotopic (exact) mass is 419 g/mol. The number of nitrogens with two attached hydrogens (primary N) is 1. The van der Waals surface area contributed by atoms with E-state index in [2.05, 4.69) is 54.2 Å². The second-order valence-corrected chi connectivity index (χ2v) is 7.58. The summed E-state index contributed by atoms with van der Waals surface area (Å²) in [6, 6.07) is 20.7. The molecule has 0 aliphatic rings. The average Bonchev–Trinajstić information content (AvgIpc) is 2.82. The molecular weight excluding hydrogens is 382 g/mol. The molecule has 0 radical (unpaired) electrons. The summed E-state index contributed by atoms with van der Waals surface area (Å²) < 4.78 is 6.04. The maximum Gasteiger partial charge on any atom is 0.130 e. The SMILES string of the molecule is C=C(CCC(CCC)Cc1cccc(OCc2ccc3ccccc3n2)c1)NN.CC. The lowest BCUT2D eigenvalue weighted by Gasteiger charge is -2.17. The van der Waals surface area contributed by atoms with Crippen LogP contribution in [0.15, 0.2) is 72.9 Å². The van der Waals surface area contributed by atoms with E-state index in [0.717, 1.165) is 47.3 Å². The highest BCUT2D eigenvalue weighted by atomic mass is 16.5. The normalized spacial score (nSPS) is 11.4. The van der Waals surface area contributed by atoms with Crippen LogP contribution < -0.4 is 16.0 Å². The van der Waals surface area contributed by atoms with Crippen molar-refractivity contribution in [3.8, 4) is 5.75 Å². The van der Waals surface area contributed by atoms with Crippen LogP contribution in [-0.4, -0.2) is 4.98 Å². The maximum absolute atomic E-state index is 6.04. The minimum absolute atomic E-state index is 0.467. The summed E-state index contributed by atoms with van der Waals surface area (Å²) in [7, 11) is 0. The molecule has 4 heteroatoms. The van der Waals surface area contributed by atoms with Gasteiger partial charge in [0, 0.05) is 11.1 Å². The number of nitrogens with zero attached hydrogens (tertiary/aromatic N) is 1. The van der Waals surface area contributed by atoms with Crippen molar-refractivity contribution in [1.82, 2.24) is 10.4 Å². The first-order valence-electron chi connectivity index (χ1n) is 11.4. The van der Waals surface area contributed by atoms with Crippen LogP contribution in [0.4, 0.5) is 0 Å². The summed E-state index contributed by atoms with van der Waals surface area (Å²) in [6.07, 6.45) is 5.41. The summed E-state index contributed by atoms with van der Waals surface area (Å²) in [6.45, 7) is 10.6. The molecule has 0 aliphatic heterocycles. The van der Waals surface area contributed by atoms with Gasteiger partial charge in [-0.3, -0.25) is 5.84 Å². The van der Waals surface area contributed by atoms with Crippen molar-refractivity contribution >= 4 is 10.9 Å². The smallest absolute Gasteiger partial charge is 0.130 e. The lowest BCUT2D eigenvalue weighted by Crippen LogP contribution is -2.20. The molecule has 0 amide bonds. The van der Waals surface area contributed by atoms with Crippen LogP contribution >= 0.6 is 0 Å². The number of hydrazine groups is 1. The number of rotatable bonds is 11. The van der Waals surface area contributed by atoms with Crippen LogP contribution in [-0.2, 0) is 13.0 Å². The van der Waals surface area contributed by atoms with Crippen LogP contribution in [0.3, 0.4) is 0 Å². The predicted molar refractivity (Wildman–Crippen MR) is 132 cm³/mol. The molecule has 4 nitrogen and oxygen atoms in total. The number of allylic oxidation sites excluding steroid dienone is 1. The topological polar surface area (TPSA) is 60.2 Å². The quantitative estimate of drug-likeness (QED) is 0.273. The van der Waals surface area contributed by atoms with E-state index in [0.29, 0.717) is 12.5 Å². The number of nitrogens with one attached hydrogen (secondary N) is 1. The Bertz CT molecular complexity index is 938. The molecule has 1 heterocycles. The first-order chi connectivity index (χ1) is 15.2. The summed E-state index contributed by atoms with van der Waals surface area (Å²) >= 11 is 0. The summed E-state index contributed by atoms with van der Waals surface area (Å²) in [4.78, 5) is 4.68. The van der Waals surface area contributed by atoms with Crippen molar-refractivity contribution in [2.75, 3.05) is 0 Å². The van der Waals surface area contributed by atoms with Crippen molar-refractivity contribution in [2.45, 2.75) is 59.5 Å². The number of benzene rings is 2. The predicted octanol–water partition coefficient (Wildman–Crippen LogP) is 6.56. The minimum atomic E-state index is 0.467. The van der Waals surface area contributed by atoms with Gasteiger partial charge in [0.15, 0.2) is 0 Å². The zero-order valence-electron chi connectivity index (χ0n) is 19.2. The van der Waals surface area contributed by atoms with Crippen LogP contribution in [0.25, 0.3) is 10.9 Å². The van der Waals surface area contributed by atoms with Gasteiger partial charge in [0.05, 0.1) is 11.2 Å². The molecule has 1 aromatic heterocycles. The van der Waals surface area contributed by atoms with Gasteiger partial charge in [0.25, 0.3) is 0 Å². The van der Waals surface area contributed by atoms with Crippen LogP contribution in [0.5, 0.6) is 5.75 Å². The molecule has 1 unspecified atom stereocenters. The molecule has 3 N–H and O–H groups in total. The number of hydrogen-bond donors (Lipinski definition) is 2. The fourth-order valence-corrected chi connectivity index (χ4v) is 3.65. The third kappa shape index (κ3) is 8.06. The van der Waals surface area contributed by atoms with Crippen molar-refractivity contribution < 1.29 is 4.74 Å². The first-order valence-corrected chi connectivity index (χ1v) is 11.4. The van der Waals surface area contributed by atoms with E-state index < -0.39 is 0 Å². The van der Waals surface area contributed by atoms with Gasteiger partial charge in [-0.2, -0.15) is 0 Å². The standard InChI is InChI=1S/C25H31N3O.C2H6/c1-3-7-20(13-12-19(2)28-26)16-21-8-6-10-24(17-21)29-18-23-15-14-22-9-4-5-11-25(22)27-23;1-2/h4-6,8-11,14-15,17,20,28H,2-3,7,12-13,16,18,26H2,1H3;1-2H3. The van der Waals surface area contributed by atoms with Gasteiger partial charge < -0.3 is 10.2 Å². The fourth-order valence-electron chi connectivity index (χ4n) is 3.65. The molecule has 0 aliphatic carbocycles. The van der Waals surface area contributed by atoms with Gasteiger partial charge in [-0.05, 0) is 55.0 Å². The lowest BCUT2D eigenvalue weighted by atomic mass is 9.90. The highest BCUT2D eigenvalue weighted by Crippen LogP contribution is 2.23. The number of ether oxygens (including phenoxy) is 1. The Labute approximate surface area is 187 Å². The Morgan fingerprint density at radius 2 is 1.87 bits per heavy atom. The third-order valence-electron chi connectivity index (χ3n) is 5.22. The summed E-state index contributed by atoms with van der Waals surface area (Å²) in [5.74, 6) is 6.95. The van der Waals surface area contributed by atoms with Crippen molar-refractivity contribution in [2.24, 2.45) is 11.8 Å². The summed E-state index contributed by atoms with van der Waals surface area (Å²) in [5, 5.41) is 1.15. The molecule has 0 bridgehead atoms. The Kier molecular flexibility index (Phi) is 10.6. The van der Waals surface area contributed by atoms with E-state index in [4.69, 9.17) is 10.6 Å². The second-order valence-electron chi connectivity index (χ2n) is 7.58. The zero-order valence-corrected chi connectivity index (χ0v) is 19.2. The molecule has 0 saturated carbocycles. The molecule has 0 saturated heterocycles. The lowest BCUT2D eigenvalue weighted by molar-refractivity contribution is 0.301. The van der Waals surface area contributed by atoms with Crippen LogP contribution in [0.1, 0.15) is 57.7 Å². The van der Waals surface area contributed by atoms with Gasteiger partial charge >= 0.3 is 0 Å². The average molecular weight is 420 g/mol. The van der Waals surface area contributed by atoms with Gasteiger partial charge in [-0.15, -0.1) is 0 Å². The molecule has 1 atom stereocenters. The molecule has 166 valence electrons. The van der Waals surface area contributed by atoms with Crippen LogP contribution in [0.2, 0.25) is 0 Å². The van der Waals surface area contributed by atoms with E-state index in [9.17, 15) is 0 Å². The Balaban J connectivity index is 0.00000166. The summed E-state index contributed by atoms with van der Waals surface area (Å²) in [5.41, 5.74) is 6.79. The maximum atomic E-state index is 6.04. The molecule has 3 rings (SSSR count). The molecule has 31 heavy (non-hydrogen) atoms. The Hall–Kier alpha value is -2.85. The number of pyridine rings is 1. The minimum Gasteiger partial charge on any atom is -0.487 e. The van der Waals surface area contributed by atoms with Crippen molar-refractivity contribution in [3.63, 3.8) is 0 Å². The molecule has 0 spiro atoms. The fraction of sp³-hybridized carbons (Fsp3) is 0.370. The molecule has 3 aromatic rings. The Morgan fingerprint density at radius 1 is 1.06 bits per heavy atom. The largest absolute Gasteiger partial charge is 0.487 e. The van der Waals surface area contributed by atoms with Crippen LogP contribution in [0, 0.1) is 5.92 Å². The number of hydrogen-bond acceptors (Lipinski definition) is 4. The molecule has 2 aromatic carbocycles. The highest BCUT2D eigenvalue weighted by Gasteiger charge is 2.10. The highest BCUT2D eigenvalue weighted by molar-refractivity contribution is 5.78. The van der Waals surface area contributed by atoms with Gasteiger partial charge in [0.2, 0.25) is 0 Å².